The summed E-state index contributed by atoms with van der Waals surface area (Å²) in [4.78, 5) is 31.3. The normalized spacial score (nSPS) is 12.9. The molecule has 1 aromatic carbocycles. The van der Waals surface area contributed by atoms with Gasteiger partial charge in [0.2, 0.25) is 6.79 Å². The van der Waals surface area contributed by atoms with Crippen molar-refractivity contribution in [2.75, 3.05) is 6.79 Å². The average Bonchev–Trinajstić information content (AvgIpc) is 3.58. The van der Waals surface area contributed by atoms with E-state index in [2.05, 4.69) is 41.9 Å². The third-order valence-corrected chi connectivity index (χ3v) is 11.4. The average molecular weight is 619 g/mol. The van der Waals surface area contributed by atoms with Gasteiger partial charge in [0.1, 0.15) is 5.65 Å². The minimum Gasteiger partial charge on any atom is -0.454 e. The summed E-state index contributed by atoms with van der Waals surface area (Å²) in [6.45, 7) is 5.94. The largest absolute Gasteiger partial charge is 0.454 e. The van der Waals surface area contributed by atoms with Crippen LogP contribution in [0.4, 0.5) is 4.79 Å². The van der Waals surface area contributed by atoms with Crippen molar-refractivity contribution in [1.82, 2.24) is 19.5 Å². The second-order valence-corrected chi connectivity index (χ2v) is 25.5. The monoisotopic (exact) mass is 620 g/mol. The van der Waals surface area contributed by atoms with E-state index in [1.165, 1.54) is 0 Å². The zero-order valence-electron chi connectivity index (χ0n) is 22.5. The van der Waals surface area contributed by atoms with E-state index >= 15 is 0 Å². The van der Waals surface area contributed by atoms with E-state index in [-0.39, 0.29) is 6.09 Å². The van der Waals surface area contributed by atoms with Crippen LogP contribution in [0.1, 0.15) is 20.8 Å². The Morgan fingerprint density at radius 3 is 2.37 bits per heavy atom. The van der Waals surface area contributed by atoms with Crippen molar-refractivity contribution in [2.45, 2.75) is 41.2 Å². The standard InChI is InChI=1S/C14H10N2O2.C12H13N2O2.3CH3.Sn/c1-2-10-6-11(16-14(10)15-5-1)9-3-4-12-13(7-9)18-8-17-12;1-12(2,3)16-11(15)14-8-6-9-5-4-7-13-10(9)14;;;;/h1-7H,8H2,(H,15,16);4-7H,1-3H3;3*1H3;. The molecule has 8 nitrogen and oxygen atoms in total. The van der Waals surface area contributed by atoms with Crippen molar-refractivity contribution < 1.29 is 19.0 Å². The zero-order chi connectivity index (χ0) is 27.1. The fourth-order valence-corrected chi connectivity index (χ4v) is 8.41. The molecule has 0 amide bonds. The fraction of sp³-hybridized carbons (Fsp3) is 0.276. The first-order valence-electron chi connectivity index (χ1n) is 12.5. The van der Waals surface area contributed by atoms with Crippen molar-refractivity contribution in [1.29, 1.82) is 0 Å². The molecule has 0 saturated carbocycles. The molecule has 0 fully saturated rings. The molecular weight excluding hydrogens is 587 g/mol. The number of carbonyl (C=O) groups is 1. The maximum Gasteiger partial charge on any atom is 0.231 e. The minimum atomic E-state index is -2.45. The Labute approximate surface area is 225 Å². The van der Waals surface area contributed by atoms with Crippen molar-refractivity contribution in [3.8, 4) is 22.8 Å². The summed E-state index contributed by atoms with van der Waals surface area (Å²) in [7, 11) is 0. The topological polar surface area (TPSA) is 91.3 Å². The summed E-state index contributed by atoms with van der Waals surface area (Å²) in [5.74, 6) is 1.59. The van der Waals surface area contributed by atoms with Gasteiger partial charge >= 0.3 is 124 Å². The summed E-state index contributed by atoms with van der Waals surface area (Å²) < 4.78 is 19.0. The van der Waals surface area contributed by atoms with Crippen LogP contribution in [0.3, 0.4) is 0 Å². The number of fused-ring (bicyclic) bond motifs is 3. The van der Waals surface area contributed by atoms with Gasteiger partial charge in [-0.2, -0.15) is 0 Å². The fourth-order valence-electron chi connectivity index (χ4n) is 4.26. The molecule has 5 aromatic rings. The number of rotatable bonds is 2. The Morgan fingerprint density at radius 2 is 1.66 bits per heavy atom. The van der Waals surface area contributed by atoms with E-state index in [1.54, 1.807) is 17.0 Å². The predicted molar refractivity (Wildman–Crippen MR) is 152 cm³/mol. The molecule has 196 valence electrons. The van der Waals surface area contributed by atoms with E-state index in [0.29, 0.717) is 12.4 Å². The van der Waals surface area contributed by atoms with Crippen molar-refractivity contribution >= 4 is 50.2 Å². The second-order valence-electron chi connectivity index (χ2n) is 11.2. The van der Waals surface area contributed by atoms with Crippen LogP contribution in [0.15, 0.2) is 67.0 Å². The van der Waals surface area contributed by atoms with Crippen molar-refractivity contribution in [3.05, 3.63) is 67.0 Å². The molecule has 0 aliphatic carbocycles. The third-order valence-electron chi connectivity index (χ3n) is 5.98. The summed E-state index contributed by atoms with van der Waals surface area (Å²) in [6, 6.07) is 18.0. The molecule has 9 heteroatoms. The molecule has 4 aromatic heterocycles. The number of pyridine rings is 2. The molecule has 38 heavy (non-hydrogen) atoms. The van der Waals surface area contributed by atoms with Crippen molar-refractivity contribution in [3.63, 3.8) is 0 Å². The van der Waals surface area contributed by atoms with Gasteiger partial charge in [0.15, 0.2) is 11.5 Å². The molecule has 6 rings (SSSR count). The number of nitrogens with zero attached hydrogens (tertiary/aromatic N) is 3. The first-order valence-corrected chi connectivity index (χ1v) is 22.5. The van der Waals surface area contributed by atoms with Crippen LogP contribution in [0, 0.1) is 0 Å². The number of nitrogens with one attached hydrogen (secondary N) is 1. The summed E-state index contributed by atoms with van der Waals surface area (Å²) in [5.41, 5.74) is 3.18. The molecule has 0 bridgehead atoms. The van der Waals surface area contributed by atoms with Crippen LogP contribution in [-0.4, -0.2) is 56.4 Å². The maximum atomic E-state index is 12.5. The van der Waals surface area contributed by atoms with Crippen LogP contribution >= 0.6 is 0 Å². The molecule has 5 heterocycles. The number of hydrogen-bond donors (Lipinski definition) is 1. The Morgan fingerprint density at radius 1 is 0.947 bits per heavy atom. The van der Waals surface area contributed by atoms with Gasteiger partial charge in [0.25, 0.3) is 0 Å². The Balaban J connectivity index is 0.000000155. The maximum absolute atomic E-state index is 12.5. The summed E-state index contributed by atoms with van der Waals surface area (Å²) in [5, 5.41) is 2.10. The van der Waals surface area contributed by atoms with E-state index < -0.39 is 24.0 Å². The van der Waals surface area contributed by atoms with Gasteiger partial charge in [-0.3, -0.25) is 0 Å². The van der Waals surface area contributed by atoms with E-state index in [0.717, 1.165) is 42.9 Å². The molecular formula is C29H32N4O4Sn. The molecule has 0 atom stereocenters. The van der Waals surface area contributed by atoms with Gasteiger partial charge in [-0.1, -0.05) is 0 Å². The van der Waals surface area contributed by atoms with Gasteiger partial charge < -0.3 is 14.5 Å². The number of aromatic amines is 1. The Bertz CT molecular complexity index is 1590. The van der Waals surface area contributed by atoms with Gasteiger partial charge in [0, 0.05) is 22.8 Å². The van der Waals surface area contributed by atoms with Crippen LogP contribution in [0.25, 0.3) is 33.3 Å². The van der Waals surface area contributed by atoms with Crippen LogP contribution in [0.2, 0.25) is 14.8 Å². The van der Waals surface area contributed by atoms with Crippen molar-refractivity contribution in [2.24, 2.45) is 0 Å². The molecule has 1 aliphatic rings. The predicted octanol–water partition coefficient (Wildman–Crippen LogP) is 6.32. The van der Waals surface area contributed by atoms with Gasteiger partial charge in [-0.15, -0.1) is 0 Å². The smallest absolute Gasteiger partial charge is 0.231 e. The first-order chi connectivity index (χ1) is 18.0. The molecule has 1 aliphatic heterocycles. The van der Waals surface area contributed by atoms with Crippen LogP contribution < -0.4 is 13.2 Å². The van der Waals surface area contributed by atoms with E-state index in [1.807, 2.05) is 63.2 Å². The van der Waals surface area contributed by atoms with Crippen LogP contribution in [0.5, 0.6) is 11.5 Å². The summed E-state index contributed by atoms with van der Waals surface area (Å²) in [6.07, 6.45) is 3.17. The number of benzene rings is 1. The first kappa shape index (κ1) is 26.1. The van der Waals surface area contributed by atoms with E-state index in [4.69, 9.17) is 14.2 Å². The zero-order valence-corrected chi connectivity index (χ0v) is 25.4. The number of ether oxygens (including phenoxy) is 3. The second kappa shape index (κ2) is 9.98. The van der Waals surface area contributed by atoms with Gasteiger partial charge in [-0.05, 0) is 36.4 Å². The molecule has 0 saturated heterocycles. The van der Waals surface area contributed by atoms with E-state index in [9.17, 15) is 4.79 Å². The summed E-state index contributed by atoms with van der Waals surface area (Å²) >= 11 is -2.45. The number of carbonyl (C=O) groups excluding carboxylic acids is 1. The Hall–Kier alpha value is -3.53. The SMILES string of the molecule is CC(C)(C)OC(=O)n1[c]([Sn]([CH3])([CH3])[CH3])cc2cccnc21.c1cnc2[nH]c(-c3ccc4c(c3)OCO4)cc2c1. The van der Waals surface area contributed by atoms with Gasteiger partial charge in [-0.25, -0.2) is 4.98 Å². The molecule has 0 unspecified atom stereocenters. The number of H-pyrrole nitrogens is 1. The van der Waals surface area contributed by atoms with Gasteiger partial charge in [0.05, 0.1) is 0 Å². The molecule has 0 spiro atoms. The number of hydrogen-bond acceptors (Lipinski definition) is 6. The third kappa shape index (κ3) is 5.50. The number of aromatic nitrogens is 4. The van der Waals surface area contributed by atoms with Crippen LogP contribution in [-0.2, 0) is 4.74 Å². The quantitative estimate of drug-likeness (QED) is 0.233. The molecule has 1 N–H and O–H groups in total. The minimum absolute atomic E-state index is 0.299. The molecule has 0 radical (unpaired) electrons. The Kier molecular flexibility index (Phi) is 6.85.